The Morgan fingerprint density at radius 3 is 1.50 bits per heavy atom. The molecule has 0 aromatic rings. The van der Waals surface area contributed by atoms with Gasteiger partial charge in [0.15, 0.2) is 0 Å². The fraction of sp³-hybridized carbons (Fsp3) is 1.00. The van der Waals surface area contributed by atoms with Crippen LogP contribution in [-0.4, -0.2) is 39.4 Å². The van der Waals surface area contributed by atoms with Crippen LogP contribution in [0.2, 0.25) is 0 Å². The molecule has 3 heteroatoms. The Morgan fingerprint density at radius 1 is 1.12 bits per heavy atom. The van der Waals surface area contributed by atoms with Gasteiger partial charge in [0.25, 0.3) is 0 Å². The van der Waals surface area contributed by atoms with Crippen molar-refractivity contribution in [2.75, 3.05) is 28.2 Å². The third-order valence-electron chi connectivity index (χ3n) is 1.06. The molecule has 0 aliphatic carbocycles. The molecule has 0 rings (SSSR count). The van der Waals surface area contributed by atoms with Crippen LogP contribution in [0.1, 0.15) is 0 Å². The Labute approximate surface area is 51.1 Å². The Hall–Kier alpha value is -0.120. The molecule has 0 unspecified atom stereocenters. The zero-order valence-electron chi connectivity index (χ0n) is 6.02. The third-order valence-corrected chi connectivity index (χ3v) is 1.06. The van der Waals surface area contributed by atoms with E-state index in [1.165, 1.54) is 0 Å². The predicted octanol–water partition coefficient (Wildman–Crippen LogP) is -0.730. The van der Waals surface area contributed by atoms with Gasteiger partial charge in [0.05, 0.1) is 0 Å². The minimum Gasteiger partial charge on any atom is -0.293 e. The van der Waals surface area contributed by atoms with Gasteiger partial charge in [0, 0.05) is 0 Å². The van der Waals surface area contributed by atoms with Gasteiger partial charge in [-0.25, -0.2) is 0 Å². The highest BCUT2D eigenvalue weighted by Crippen LogP contribution is 1.76. The summed E-state index contributed by atoms with van der Waals surface area (Å²) in [5, 5.41) is 6.13. The van der Waals surface area contributed by atoms with Crippen molar-refractivity contribution in [3.8, 4) is 0 Å². The van der Waals surface area contributed by atoms with E-state index in [1.807, 2.05) is 28.2 Å². The molecule has 0 radical (unpaired) electrons. The fourth-order valence-corrected chi connectivity index (χ4v) is 0.661. The molecule has 8 heavy (non-hydrogen) atoms. The lowest BCUT2D eigenvalue weighted by molar-refractivity contribution is 0.227. The molecule has 0 fully saturated rings. The summed E-state index contributed by atoms with van der Waals surface area (Å²) in [4.78, 5) is 2.06. The first-order valence-corrected chi connectivity index (χ1v) is 2.73. The van der Waals surface area contributed by atoms with E-state index in [-0.39, 0.29) is 6.29 Å². The summed E-state index contributed by atoms with van der Waals surface area (Å²) in [6, 6.07) is 0. The Morgan fingerprint density at radius 2 is 1.50 bits per heavy atom. The minimum absolute atomic E-state index is 0.287. The molecule has 2 N–H and O–H groups in total. The highest BCUT2D eigenvalue weighted by Gasteiger charge is 2.00. The maximum atomic E-state index is 3.07. The lowest BCUT2D eigenvalue weighted by atomic mass is 10.7. The average Bonchev–Trinajstić information content (AvgIpc) is 1.69. The zero-order chi connectivity index (χ0) is 6.57. The van der Waals surface area contributed by atoms with Crippen molar-refractivity contribution in [1.82, 2.24) is 15.5 Å². The molecule has 0 saturated carbocycles. The summed E-state index contributed by atoms with van der Waals surface area (Å²) in [6.45, 7) is 0. The maximum Gasteiger partial charge on any atom is 0.113 e. The number of hydrogen-bond donors (Lipinski definition) is 2. The highest BCUT2D eigenvalue weighted by atomic mass is 15.3. The van der Waals surface area contributed by atoms with Crippen LogP contribution in [0.25, 0.3) is 0 Å². The summed E-state index contributed by atoms with van der Waals surface area (Å²) in [5.74, 6) is 0. The van der Waals surface area contributed by atoms with E-state index in [2.05, 4.69) is 15.5 Å². The molecule has 0 atom stereocenters. The van der Waals surface area contributed by atoms with E-state index >= 15 is 0 Å². The predicted molar refractivity (Wildman–Crippen MR) is 35.6 cm³/mol. The highest BCUT2D eigenvalue weighted by molar-refractivity contribution is 4.52. The quantitative estimate of drug-likeness (QED) is 0.477. The first-order chi connectivity index (χ1) is 3.72. The Kier molecular flexibility index (Phi) is 3.77. The third kappa shape index (κ3) is 2.26. The summed E-state index contributed by atoms with van der Waals surface area (Å²) in [6.07, 6.45) is 0.287. The van der Waals surface area contributed by atoms with Crippen molar-refractivity contribution in [3.05, 3.63) is 0 Å². The van der Waals surface area contributed by atoms with Crippen LogP contribution in [0.4, 0.5) is 0 Å². The van der Waals surface area contributed by atoms with Gasteiger partial charge in [-0.2, -0.15) is 0 Å². The van der Waals surface area contributed by atoms with Crippen LogP contribution in [-0.2, 0) is 0 Å². The van der Waals surface area contributed by atoms with Gasteiger partial charge in [0.2, 0.25) is 0 Å². The van der Waals surface area contributed by atoms with Gasteiger partial charge in [-0.3, -0.25) is 15.5 Å². The van der Waals surface area contributed by atoms with Crippen LogP contribution in [0.15, 0.2) is 0 Å². The van der Waals surface area contributed by atoms with Crippen LogP contribution >= 0.6 is 0 Å². The maximum absolute atomic E-state index is 3.07. The van der Waals surface area contributed by atoms with Gasteiger partial charge < -0.3 is 0 Å². The molecule has 0 aliphatic rings. The molecule has 3 nitrogen and oxygen atoms in total. The lowest BCUT2D eigenvalue weighted by Crippen LogP contribution is -2.48. The average molecular weight is 117 g/mol. The monoisotopic (exact) mass is 117 g/mol. The topological polar surface area (TPSA) is 27.3 Å². The van der Waals surface area contributed by atoms with E-state index in [0.717, 1.165) is 0 Å². The Balaban J connectivity index is 3.35. The van der Waals surface area contributed by atoms with Crippen molar-refractivity contribution < 1.29 is 0 Å². The Bertz CT molecular complexity index is 49.6. The molecule has 0 heterocycles. The van der Waals surface area contributed by atoms with E-state index in [9.17, 15) is 0 Å². The molecule has 0 bridgehead atoms. The SMILES string of the molecule is CNC(NC)N(C)C. The summed E-state index contributed by atoms with van der Waals surface area (Å²) < 4.78 is 0. The second-order valence-electron chi connectivity index (χ2n) is 1.94. The number of nitrogens with zero attached hydrogens (tertiary/aromatic N) is 1. The van der Waals surface area contributed by atoms with Crippen molar-refractivity contribution in [3.63, 3.8) is 0 Å². The van der Waals surface area contributed by atoms with Crippen LogP contribution < -0.4 is 10.6 Å². The molecule has 50 valence electrons. The molecule has 0 aromatic heterocycles. The van der Waals surface area contributed by atoms with E-state index in [0.29, 0.717) is 0 Å². The lowest BCUT2D eigenvalue weighted by Gasteiger charge is -2.22. The van der Waals surface area contributed by atoms with Crippen molar-refractivity contribution >= 4 is 0 Å². The molecular weight excluding hydrogens is 102 g/mol. The van der Waals surface area contributed by atoms with Crippen LogP contribution in [0.3, 0.4) is 0 Å². The first-order valence-electron chi connectivity index (χ1n) is 2.73. The van der Waals surface area contributed by atoms with Gasteiger partial charge in [0.1, 0.15) is 6.29 Å². The van der Waals surface area contributed by atoms with Crippen LogP contribution in [0.5, 0.6) is 0 Å². The normalized spacial score (nSPS) is 11.2. The van der Waals surface area contributed by atoms with E-state index in [1.54, 1.807) is 0 Å². The molecule has 0 saturated heterocycles. The smallest absolute Gasteiger partial charge is 0.113 e. The zero-order valence-corrected chi connectivity index (χ0v) is 6.02. The summed E-state index contributed by atoms with van der Waals surface area (Å²) in [7, 11) is 7.86. The van der Waals surface area contributed by atoms with Crippen molar-refractivity contribution in [1.29, 1.82) is 0 Å². The van der Waals surface area contributed by atoms with Crippen molar-refractivity contribution in [2.45, 2.75) is 6.29 Å². The molecule has 0 amide bonds. The van der Waals surface area contributed by atoms with Gasteiger partial charge in [-0.05, 0) is 28.2 Å². The van der Waals surface area contributed by atoms with Gasteiger partial charge in [-0.15, -0.1) is 0 Å². The molecule has 0 aliphatic heterocycles. The standard InChI is InChI=1S/C5H15N3/c1-6-5(7-2)8(3)4/h5-7H,1-4H3. The summed E-state index contributed by atoms with van der Waals surface area (Å²) in [5.41, 5.74) is 0. The summed E-state index contributed by atoms with van der Waals surface area (Å²) >= 11 is 0. The number of hydrogen-bond acceptors (Lipinski definition) is 3. The second-order valence-corrected chi connectivity index (χ2v) is 1.94. The number of rotatable bonds is 3. The van der Waals surface area contributed by atoms with E-state index < -0.39 is 0 Å². The molecule has 0 spiro atoms. The fourth-order valence-electron chi connectivity index (χ4n) is 0.661. The van der Waals surface area contributed by atoms with Gasteiger partial charge >= 0.3 is 0 Å². The first kappa shape index (κ1) is 7.88. The molecular formula is C5H15N3. The molecule has 0 aromatic carbocycles. The second kappa shape index (κ2) is 3.83. The number of nitrogens with one attached hydrogen (secondary N) is 2. The van der Waals surface area contributed by atoms with Crippen molar-refractivity contribution in [2.24, 2.45) is 0 Å². The van der Waals surface area contributed by atoms with E-state index in [4.69, 9.17) is 0 Å². The van der Waals surface area contributed by atoms with Gasteiger partial charge in [-0.1, -0.05) is 0 Å². The largest absolute Gasteiger partial charge is 0.293 e. The van der Waals surface area contributed by atoms with Crippen LogP contribution in [0, 0.1) is 0 Å². The minimum atomic E-state index is 0.287.